The van der Waals surface area contributed by atoms with E-state index >= 15 is 0 Å². The zero-order chi connectivity index (χ0) is 20.0. The number of hydrogen-bond donors (Lipinski definition) is 1. The van der Waals surface area contributed by atoms with Crippen LogP contribution in [0.3, 0.4) is 0 Å². The quantitative estimate of drug-likeness (QED) is 0.589. The Bertz CT molecular complexity index is 913. The van der Waals surface area contributed by atoms with Gasteiger partial charge < -0.3 is 10.2 Å². The Hall–Kier alpha value is -2.09. The van der Waals surface area contributed by atoms with Crippen molar-refractivity contribution in [3.63, 3.8) is 0 Å². The second kappa shape index (κ2) is 9.21. The van der Waals surface area contributed by atoms with Gasteiger partial charge in [-0.25, -0.2) is 12.7 Å². The fourth-order valence-corrected chi connectivity index (χ4v) is 3.93. The van der Waals surface area contributed by atoms with Crippen LogP contribution in [0.2, 0.25) is 5.02 Å². The summed E-state index contributed by atoms with van der Waals surface area (Å²) in [5.74, 6) is 0.645. The van der Waals surface area contributed by atoms with E-state index < -0.39 is 10.0 Å². The van der Waals surface area contributed by atoms with Crippen molar-refractivity contribution in [2.75, 3.05) is 28.2 Å². The molecule has 2 aromatic rings. The van der Waals surface area contributed by atoms with Crippen molar-refractivity contribution in [1.29, 1.82) is 0 Å². The Labute approximate surface area is 166 Å². The van der Waals surface area contributed by atoms with Gasteiger partial charge in [-0.2, -0.15) is 0 Å². The minimum atomic E-state index is -3.51. The lowest BCUT2D eigenvalue weighted by atomic mass is 10.2. The van der Waals surface area contributed by atoms with Crippen LogP contribution >= 0.6 is 11.6 Å². The molecule has 27 heavy (non-hydrogen) atoms. The number of nitrogens with zero attached hydrogens (tertiary/aromatic N) is 3. The van der Waals surface area contributed by atoms with Crippen molar-refractivity contribution in [3.05, 3.63) is 64.7 Å². The molecule has 0 fully saturated rings. The van der Waals surface area contributed by atoms with Crippen LogP contribution in [-0.4, -0.2) is 51.8 Å². The van der Waals surface area contributed by atoms with Crippen molar-refractivity contribution in [2.24, 2.45) is 4.99 Å². The van der Waals surface area contributed by atoms with Crippen molar-refractivity contribution in [3.8, 4) is 0 Å². The minimum absolute atomic E-state index is 0.284. The van der Waals surface area contributed by atoms with E-state index in [-0.39, 0.29) is 4.90 Å². The summed E-state index contributed by atoms with van der Waals surface area (Å²) in [6.45, 7) is 0.916. The van der Waals surface area contributed by atoms with Gasteiger partial charge in [0.05, 0.1) is 4.90 Å². The molecule has 146 valence electrons. The first-order valence-corrected chi connectivity index (χ1v) is 10.2. The number of benzene rings is 2. The van der Waals surface area contributed by atoms with E-state index in [2.05, 4.69) is 10.3 Å². The molecule has 2 rings (SSSR count). The third-order valence-electron chi connectivity index (χ3n) is 4.11. The third-order valence-corrected chi connectivity index (χ3v) is 6.39. The van der Waals surface area contributed by atoms with E-state index in [4.69, 9.17) is 11.6 Å². The molecule has 0 atom stereocenters. The summed E-state index contributed by atoms with van der Waals surface area (Å²) in [4.78, 5) is 6.50. The molecule has 8 heteroatoms. The molecule has 6 nitrogen and oxygen atoms in total. The van der Waals surface area contributed by atoms with Crippen molar-refractivity contribution < 1.29 is 8.42 Å². The maximum absolute atomic E-state index is 12.5. The van der Waals surface area contributed by atoms with Gasteiger partial charge in [-0.05, 0) is 23.3 Å². The van der Waals surface area contributed by atoms with E-state index in [1.165, 1.54) is 18.4 Å². The van der Waals surface area contributed by atoms with Crippen LogP contribution in [0.25, 0.3) is 0 Å². The number of nitrogens with one attached hydrogen (secondary N) is 1. The predicted octanol–water partition coefficient (Wildman–Crippen LogP) is 2.80. The first-order chi connectivity index (χ1) is 12.8. The normalized spacial score (nSPS) is 12.3. The Morgan fingerprint density at radius 1 is 1.04 bits per heavy atom. The molecular weight excluding hydrogens is 384 g/mol. The molecule has 0 saturated heterocycles. The van der Waals surface area contributed by atoms with Gasteiger partial charge in [-0.3, -0.25) is 4.99 Å². The fraction of sp³-hybridized carbons (Fsp3) is 0.316. The Morgan fingerprint density at radius 2 is 1.63 bits per heavy atom. The number of hydrogen-bond acceptors (Lipinski definition) is 3. The van der Waals surface area contributed by atoms with Gasteiger partial charge in [0, 0.05) is 46.3 Å². The zero-order valence-electron chi connectivity index (χ0n) is 16.0. The summed E-state index contributed by atoms with van der Waals surface area (Å²) in [7, 11) is 3.13. The molecule has 0 spiro atoms. The van der Waals surface area contributed by atoms with E-state index in [0.717, 1.165) is 5.56 Å². The number of rotatable bonds is 6. The molecule has 0 unspecified atom stereocenters. The molecule has 0 aliphatic rings. The van der Waals surface area contributed by atoms with Gasteiger partial charge in [0.15, 0.2) is 5.96 Å². The molecule has 1 N–H and O–H groups in total. The van der Waals surface area contributed by atoms with Crippen LogP contribution in [-0.2, 0) is 23.1 Å². The van der Waals surface area contributed by atoms with Crippen LogP contribution < -0.4 is 5.32 Å². The summed E-state index contributed by atoms with van der Waals surface area (Å²) >= 11 is 6.23. The minimum Gasteiger partial charge on any atom is -0.352 e. The Balaban J connectivity index is 2.14. The maximum Gasteiger partial charge on any atom is 0.242 e. The Kier molecular flexibility index (Phi) is 7.24. The average Bonchev–Trinajstić information content (AvgIpc) is 2.64. The average molecular weight is 409 g/mol. The largest absolute Gasteiger partial charge is 0.352 e. The highest BCUT2D eigenvalue weighted by Gasteiger charge is 2.21. The van der Waals surface area contributed by atoms with Crippen LogP contribution in [0.5, 0.6) is 0 Å². The lowest BCUT2D eigenvalue weighted by molar-refractivity contribution is 0.476. The first kappa shape index (κ1) is 21.2. The molecule has 0 aliphatic heterocycles. The lowest BCUT2D eigenvalue weighted by Gasteiger charge is -2.23. The third kappa shape index (κ3) is 5.22. The molecule has 0 aromatic heterocycles. The second-order valence-electron chi connectivity index (χ2n) is 6.24. The van der Waals surface area contributed by atoms with Crippen LogP contribution in [0.4, 0.5) is 0 Å². The van der Waals surface area contributed by atoms with Crippen molar-refractivity contribution >= 4 is 27.6 Å². The molecule has 0 aliphatic carbocycles. The molecule has 0 radical (unpaired) electrons. The highest BCUT2D eigenvalue weighted by atomic mass is 35.5. The summed E-state index contributed by atoms with van der Waals surface area (Å²) in [6, 6.07) is 14.6. The van der Waals surface area contributed by atoms with Crippen molar-refractivity contribution in [1.82, 2.24) is 14.5 Å². The van der Waals surface area contributed by atoms with Gasteiger partial charge >= 0.3 is 0 Å². The summed E-state index contributed by atoms with van der Waals surface area (Å²) in [5.41, 5.74) is 1.67. The van der Waals surface area contributed by atoms with Gasteiger partial charge in [-0.1, -0.05) is 48.0 Å². The highest BCUT2D eigenvalue weighted by molar-refractivity contribution is 7.89. The van der Waals surface area contributed by atoms with Crippen LogP contribution in [0, 0.1) is 0 Å². The number of guanidine groups is 1. The summed E-state index contributed by atoms with van der Waals surface area (Å²) < 4.78 is 26.3. The lowest BCUT2D eigenvalue weighted by Crippen LogP contribution is -2.38. The molecular formula is C19H25ClN4O2S. The smallest absolute Gasteiger partial charge is 0.242 e. The maximum atomic E-state index is 12.5. The van der Waals surface area contributed by atoms with Gasteiger partial charge in [0.25, 0.3) is 0 Å². The van der Waals surface area contributed by atoms with Crippen LogP contribution in [0.15, 0.2) is 58.4 Å². The van der Waals surface area contributed by atoms with Gasteiger partial charge in [0.2, 0.25) is 10.0 Å². The number of sulfonamides is 1. The summed E-state index contributed by atoms with van der Waals surface area (Å²) in [5, 5.41) is 3.92. The molecule has 0 amide bonds. The SMILES string of the molecule is CN=C(NCc1ccccc1S(=O)(=O)N(C)C)N(C)Cc1ccccc1Cl. The van der Waals surface area contributed by atoms with E-state index in [1.54, 1.807) is 25.2 Å². The number of aliphatic imine (C=N–C) groups is 1. The van der Waals surface area contributed by atoms with Gasteiger partial charge in [0.1, 0.15) is 0 Å². The standard InChI is InChI=1S/C19H25ClN4O2S/c1-21-19(24(4)14-16-10-5-7-11-17(16)20)22-13-15-9-6-8-12-18(15)27(25,26)23(2)3/h5-12H,13-14H2,1-4H3,(H,21,22). The van der Waals surface area contributed by atoms with E-state index in [1.807, 2.05) is 42.3 Å². The van der Waals surface area contributed by atoms with E-state index in [9.17, 15) is 8.42 Å². The first-order valence-electron chi connectivity index (χ1n) is 8.43. The molecule has 0 bridgehead atoms. The molecule has 2 aromatic carbocycles. The topological polar surface area (TPSA) is 65.0 Å². The zero-order valence-corrected chi connectivity index (χ0v) is 17.5. The fourth-order valence-electron chi connectivity index (χ4n) is 2.61. The summed E-state index contributed by atoms with van der Waals surface area (Å²) in [6.07, 6.45) is 0. The monoisotopic (exact) mass is 408 g/mol. The molecule has 0 saturated carbocycles. The second-order valence-corrected chi connectivity index (χ2v) is 8.77. The molecule has 0 heterocycles. The van der Waals surface area contributed by atoms with Crippen molar-refractivity contribution in [2.45, 2.75) is 18.0 Å². The number of halogens is 1. The van der Waals surface area contributed by atoms with Gasteiger partial charge in [-0.15, -0.1) is 0 Å². The van der Waals surface area contributed by atoms with E-state index in [0.29, 0.717) is 29.6 Å². The Morgan fingerprint density at radius 3 is 2.22 bits per heavy atom. The highest BCUT2D eigenvalue weighted by Crippen LogP contribution is 2.19. The van der Waals surface area contributed by atoms with Crippen LogP contribution in [0.1, 0.15) is 11.1 Å². The predicted molar refractivity (Wildman–Crippen MR) is 110 cm³/mol.